The average Bonchev–Trinajstić information content (AvgIpc) is 3.21. The van der Waals surface area contributed by atoms with Crippen LogP contribution < -0.4 is 4.74 Å². The molecule has 0 N–H and O–H groups in total. The molecule has 0 atom stereocenters. The normalized spacial score (nSPS) is 14.0. The largest absolute Gasteiger partial charge is 0.496 e. The number of fused-ring (bicyclic) bond motifs is 1. The minimum atomic E-state index is 0.0301. The van der Waals surface area contributed by atoms with Gasteiger partial charge < -0.3 is 14.2 Å². The number of hydrogen-bond acceptors (Lipinski definition) is 5. The van der Waals surface area contributed by atoms with Crippen LogP contribution in [0.4, 0.5) is 0 Å². The minimum Gasteiger partial charge on any atom is -0.496 e. The zero-order valence-electron chi connectivity index (χ0n) is 15.9. The lowest BCUT2D eigenvalue weighted by atomic mass is 9.97. The maximum absolute atomic E-state index is 13.0. The molecule has 1 fully saturated rings. The lowest BCUT2D eigenvalue weighted by Gasteiger charge is -2.37. The number of carbonyl (C=O) groups excluding carboxylic acids is 1. The fourth-order valence-electron chi connectivity index (χ4n) is 3.72. The molecule has 5 rings (SSSR count). The Kier molecular flexibility index (Phi) is 4.24. The van der Waals surface area contributed by atoms with Crippen molar-refractivity contribution < 1.29 is 14.1 Å². The Morgan fingerprint density at radius 3 is 2.66 bits per heavy atom. The van der Waals surface area contributed by atoms with Crippen LogP contribution >= 0.6 is 0 Å². The summed E-state index contributed by atoms with van der Waals surface area (Å²) >= 11 is 0. The number of rotatable bonds is 4. The molecule has 1 saturated heterocycles. The van der Waals surface area contributed by atoms with Gasteiger partial charge >= 0.3 is 0 Å². The predicted molar refractivity (Wildman–Crippen MR) is 109 cm³/mol. The Bertz CT molecular complexity index is 1190. The summed E-state index contributed by atoms with van der Waals surface area (Å²) in [4.78, 5) is 19.3. The first-order valence-corrected chi connectivity index (χ1v) is 9.48. The summed E-state index contributed by atoms with van der Waals surface area (Å²) in [7, 11) is 1.61. The monoisotopic (exact) mass is 385 g/mol. The number of methoxy groups -OCH3 is 1. The van der Waals surface area contributed by atoms with E-state index in [-0.39, 0.29) is 11.8 Å². The zero-order valence-corrected chi connectivity index (χ0v) is 15.9. The zero-order chi connectivity index (χ0) is 19.8. The van der Waals surface area contributed by atoms with E-state index in [1.165, 1.54) is 0 Å². The number of ether oxygens (including phenoxy) is 1. The van der Waals surface area contributed by atoms with E-state index in [9.17, 15) is 4.79 Å². The van der Waals surface area contributed by atoms with Crippen molar-refractivity contribution >= 4 is 16.7 Å². The molecule has 4 aromatic rings. The van der Waals surface area contributed by atoms with Crippen molar-refractivity contribution in [2.24, 2.45) is 0 Å². The Hall–Kier alpha value is -3.67. The van der Waals surface area contributed by atoms with Gasteiger partial charge in [-0.15, -0.1) is 0 Å². The van der Waals surface area contributed by atoms with Gasteiger partial charge in [0.2, 0.25) is 11.7 Å². The molecule has 6 nitrogen and oxygen atoms in total. The molecule has 0 saturated carbocycles. The summed E-state index contributed by atoms with van der Waals surface area (Å²) in [5.41, 5.74) is 1.51. The molecule has 1 aromatic heterocycles. The summed E-state index contributed by atoms with van der Waals surface area (Å²) in [5, 5.41) is 6.13. The van der Waals surface area contributed by atoms with Gasteiger partial charge in [-0.25, -0.2) is 0 Å². The molecule has 0 unspecified atom stereocenters. The molecule has 0 aliphatic carbocycles. The molecule has 0 radical (unpaired) electrons. The lowest BCUT2D eigenvalue weighted by molar-refractivity contribution is 0.0571. The second kappa shape index (κ2) is 7.05. The molecule has 0 spiro atoms. The van der Waals surface area contributed by atoms with Crippen molar-refractivity contribution in [3.05, 3.63) is 78.2 Å². The van der Waals surface area contributed by atoms with Crippen molar-refractivity contribution in [3.63, 3.8) is 0 Å². The van der Waals surface area contributed by atoms with Crippen LogP contribution in [0.3, 0.4) is 0 Å². The van der Waals surface area contributed by atoms with Gasteiger partial charge in [0.1, 0.15) is 5.75 Å². The lowest BCUT2D eigenvalue weighted by Crippen LogP contribution is -2.48. The van der Waals surface area contributed by atoms with Gasteiger partial charge in [0.15, 0.2) is 0 Å². The molecule has 6 heteroatoms. The summed E-state index contributed by atoms with van der Waals surface area (Å²) < 4.78 is 10.8. The first kappa shape index (κ1) is 17.4. The molecule has 29 heavy (non-hydrogen) atoms. The first-order valence-electron chi connectivity index (χ1n) is 9.48. The second-order valence-electron chi connectivity index (χ2n) is 7.09. The van der Waals surface area contributed by atoms with Gasteiger partial charge in [-0.1, -0.05) is 53.7 Å². The van der Waals surface area contributed by atoms with E-state index in [0.29, 0.717) is 30.6 Å². The van der Waals surface area contributed by atoms with Crippen molar-refractivity contribution in [1.29, 1.82) is 0 Å². The Labute approximate surface area is 167 Å². The van der Waals surface area contributed by atoms with E-state index >= 15 is 0 Å². The fraction of sp³-hybridized carbons (Fsp3) is 0.174. The Balaban J connectivity index is 1.32. The standard InChI is InChI=1S/C23H19N3O3/c1-28-20-12-5-4-10-19(20)21-24-22(29-25-21)16-13-26(14-16)23(27)18-11-6-8-15-7-2-3-9-17(15)18/h2-12,16H,13-14H2,1H3. The van der Waals surface area contributed by atoms with Crippen molar-refractivity contribution in [2.75, 3.05) is 20.2 Å². The van der Waals surface area contributed by atoms with Crippen LogP contribution in [0.15, 0.2) is 71.3 Å². The van der Waals surface area contributed by atoms with Crippen molar-refractivity contribution in [2.45, 2.75) is 5.92 Å². The highest BCUT2D eigenvalue weighted by molar-refractivity contribution is 6.07. The second-order valence-corrected chi connectivity index (χ2v) is 7.09. The topological polar surface area (TPSA) is 68.5 Å². The highest BCUT2D eigenvalue weighted by Gasteiger charge is 2.36. The predicted octanol–water partition coefficient (Wildman–Crippen LogP) is 4.14. The average molecular weight is 385 g/mol. The van der Waals surface area contributed by atoms with E-state index in [4.69, 9.17) is 9.26 Å². The number of carbonyl (C=O) groups is 1. The van der Waals surface area contributed by atoms with Gasteiger partial charge in [0, 0.05) is 18.7 Å². The van der Waals surface area contributed by atoms with Crippen molar-refractivity contribution in [1.82, 2.24) is 15.0 Å². The number of para-hydroxylation sites is 1. The molecule has 1 aliphatic rings. The molecule has 1 aliphatic heterocycles. The third kappa shape index (κ3) is 3.02. The number of aromatic nitrogens is 2. The molecule has 1 amide bonds. The molecule has 144 valence electrons. The van der Waals surface area contributed by atoms with Gasteiger partial charge in [-0.05, 0) is 29.0 Å². The van der Waals surface area contributed by atoms with Gasteiger partial charge in [-0.3, -0.25) is 4.79 Å². The summed E-state index contributed by atoms with van der Waals surface area (Å²) in [6.45, 7) is 1.13. The van der Waals surface area contributed by atoms with Crippen LogP contribution in [-0.4, -0.2) is 41.1 Å². The van der Waals surface area contributed by atoms with E-state index < -0.39 is 0 Å². The highest BCUT2D eigenvalue weighted by atomic mass is 16.5. The maximum Gasteiger partial charge on any atom is 0.254 e. The van der Waals surface area contributed by atoms with Crippen molar-refractivity contribution in [3.8, 4) is 17.1 Å². The van der Waals surface area contributed by atoms with E-state index in [2.05, 4.69) is 10.1 Å². The minimum absolute atomic E-state index is 0.0301. The van der Waals surface area contributed by atoms with E-state index in [0.717, 1.165) is 21.9 Å². The van der Waals surface area contributed by atoms with Crippen LogP contribution in [0, 0.1) is 0 Å². The molecular formula is C23H19N3O3. The number of hydrogen-bond donors (Lipinski definition) is 0. The molecular weight excluding hydrogens is 366 g/mol. The van der Waals surface area contributed by atoms with E-state index in [1.54, 1.807) is 7.11 Å². The van der Waals surface area contributed by atoms with Crippen LogP contribution in [0.25, 0.3) is 22.2 Å². The van der Waals surface area contributed by atoms with Crippen LogP contribution in [-0.2, 0) is 0 Å². The molecule has 0 bridgehead atoms. The fourth-order valence-corrected chi connectivity index (χ4v) is 3.72. The van der Waals surface area contributed by atoms with Gasteiger partial charge in [0.25, 0.3) is 5.91 Å². The third-order valence-electron chi connectivity index (χ3n) is 5.33. The summed E-state index contributed by atoms with van der Waals surface area (Å²) in [6.07, 6.45) is 0. The number of nitrogens with zero attached hydrogens (tertiary/aromatic N) is 3. The Morgan fingerprint density at radius 1 is 1.03 bits per heavy atom. The van der Waals surface area contributed by atoms with Crippen LogP contribution in [0.1, 0.15) is 22.2 Å². The smallest absolute Gasteiger partial charge is 0.254 e. The van der Waals surface area contributed by atoms with Crippen LogP contribution in [0.2, 0.25) is 0 Å². The Morgan fingerprint density at radius 2 is 1.79 bits per heavy atom. The van der Waals surface area contributed by atoms with E-state index in [1.807, 2.05) is 71.6 Å². The maximum atomic E-state index is 13.0. The molecule has 3 aromatic carbocycles. The van der Waals surface area contributed by atoms with Gasteiger partial charge in [-0.2, -0.15) is 4.98 Å². The first-order chi connectivity index (χ1) is 14.2. The quantitative estimate of drug-likeness (QED) is 0.528. The third-order valence-corrected chi connectivity index (χ3v) is 5.33. The summed E-state index contributed by atoms with van der Waals surface area (Å²) in [6, 6.07) is 21.3. The van der Waals surface area contributed by atoms with Crippen LogP contribution in [0.5, 0.6) is 5.75 Å². The number of benzene rings is 3. The SMILES string of the molecule is COc1ccccc1-c1noc(C2CN(C(=O)c3cccc4ccccc34)C2)n1. The number of likely N-dealkylation sites (tertiary alicyclic amines) is 1. The highest BCUT2D eigenvalue weighted by Crippen LogP contribution is 2.32. The van der Waals surface area contributed by atoms with Gasteiger partial charge in [0.05, 0.1) is 18.6 Å². The summed E-state index contributed by atoms with van der Waals surface area (Å²) in [5.74, 6) is 1.82. The molecule has 2 heterocycles. The number of amides is 1.